The van der Waals surface area contributed by atoms with Gasteiger partial charge in [0, 0.05) is 12.2 Å². The molecule has 0 aromatic heterocycles. The van der Waals surface area contributed by atoms with Crippen LogP contribution in [0.4, 0.5) is 13.2 Å². The van der Waals surface area contributed by atoms with Crippen molar-refractivity contribution >= 4 is 5.91 Å². The third-order valence-electron chi connectivity index (χ3n) is 4.15. The number of amides is 1. The molecule has 0 spiro atoms. The summed E-state index contributed by atoms with van der Waals surface area (Å²) < 4.78 is 40.5. The van der Waals surface area contributed by atoms with Gasteiger partial charge in [-0.05, 0) is 24.1 Å². The Morgan fingerprint density at radius 1 is 1.29 bits per heavy atom. The number of hydrogen-bond donors (Lipinski definition) is 3. The topological polar surface area (TPSA) is 67.3 Å². The molecule has 2 aliphatic rings. The average molecular weight is 397 g/mol. The molecule has 0 aliphatic carbocycles. The molecule has 150 valence electrons. The van der Waals surface area contributed by atoms with E-state index < -0.39 is 6.36 Å². The van der Waals surface area contributed by atoms with Crippen molar-refractivity contribution < 1.29 is 32.6 Å². The Labute approximate surface area is 159 Å². The van der Waals surface area contributed by atoms with Crippen LogP contribution in [0.5, 0.6) is 5.75 Å². The third-order valence-corrected chi connectivity index (χ3v) is 4.15. The second-order valence-electron chi connectivity index (χ2n) is 6.00. The lowest BCUT2D eigenvalue weighted by molar-refractivity contribution is -1.00. The minimum absolute atomic E-state index is 0.164. The van der Waals surface area contributed by atoms with Gasteiger partial charge >= 0.3 is 6.36 Å². The van der Waals surface area contributed by atoms with Crippen molar-refractivity contribution in [1.82, 2.24) is 15.5 Å². The molecular formula is C18H20F3N4O3+. The van der Waals surface area contributed by atoms with Crippen LogP contribution in [0.1, 0.15) is 18.9 Å². The SMILES string of the molecule is CCC1=C(C(=O)NCc2ccc(OC(F)(F)F)cc2)N2C=C[NH+](OC)C=C2N1. The molecule has 3 N–H and O–H groups in total. The van der Waals surface area contributed by atoms with Crippen LogP contribution in [0.25, 0.3) is 0 Å². The van der Waals surface area contributed by atoms with Gasteiger partial charge in [-0.15, -0.1) is 18.2 Å². The van der Waals surface area contributed by atoms with Crippen molar-refractivity contribution in [2.24, 2.45) is 0 Å². The molecule has 2 aliphatic heterocycles. The first-order chi connectivity index (χ1) is 13.3. The van der Waals surface area contributed by atoms with Gasteiger partial charge in [0.25, 0.3) is 5.91 Å². The average Bonchev–Trinajstić information content (AvgIpc) is 3.03. The van der Waals surface area contributed by atoms with Gasteiger partial charge in [-0.1, -0.05) is 19.1 Å². The summed E-state index contributed by atoms with van der Waals surface area (Å²) in [4.78, 5) is 19.7. The number of nitrogens with zero attached hydrogens (tertiary/aromatic N) is 1. The van der Waals surface area contributed by atoms with Gasteiger partial charge in [0.15, 0.2) is 12.0 Å². The van der Waals surface area contributed by atoms with Crippen molar-refractivity contribution in [3.05, 3.63) is 65.6 Å². The van der Waals surface area contributed by atoms with Crippen LogP contribution in [0, 0.1) is 0 Å². The first-order valence-corrected chi connectivity index (χ1v) is 8.54. The van der Waals surface area contributed by atoms with E-state index in [1.165, 1.54) is 24.3 Å². The Morgan fingerprint density at radius 2 is 2.00 bits per heavy atom. The minimum Gasteiger partial charge on any atom is -0.406 e. The second-order valence-corrected chi connectivity index (χ2v) is 6.00. The molecule has 0 bridgehead atoms. The molecule has 7 nitrogen and oxygen atoms in total. The molecule has 0 radical (unpaired) electrons. The highest BCUT2D eigenvalue weighted by atomic mass is 19.4. The van der Waals surface area contributed by atoms with E-state index in [2.05, 4.69) is 15.4 Å². The Hall–Kier alpha value is -2.98. The first-order valence-electron chi connectivity index (χ1n) is 8.54. The second kappa shape index (κ2) is 7.95. The number of rotatable bonds is 6. The largest absolute Gasteiger partial charge is 0.573 e. The highest BCUT2D eigenvalue weighted by molar-refractivity contribution is 5.94. The molecule has 0 saturated carbocycles. The van der Waals surface area contributed by atoms with Gasteiger partial charge in [-0.25, -0.2) is 0 Å². The zero-order chi connectivity index (χ0) is 20.3. The Kier molecular flexibility index (Phi) is 5.61. The van der Waals surface area contributed by atoms with Crippen LogP contribution < -0.4 is 20.4 Å². The van der Waals surface area contributed by atoms with Gasteiger partial charge in [0.1, 0.15) is 17.6 Å². The first kappa shape index (κ1) is 19.8. The van der Waals surface area contributed by atoms with Gasteiger partial charge in [-0.3, -0.25) is 9.69 Å². The zero-order valence-corrected chi connectivity index (χ0v) is 15.3. The van der Waals surface area contributed by atoms with E-state index in [1.807, 2.05) is 6.92 Å². The Morgan fingerprint density at radius 3 is 2.61 bits per heavy atom. The number of quaternary nitrogens is 1. The minimum atomic E-state index is -4.73. The number of hydrogen-bond acceptors (Lipinski definition) is 5. The van der Waals surface area contributed by atoms with E-state index >= 15 is 0 Å². The summed E-state index contributed by atoms with van der Waals surface area (Å²) in [7, 11) is 1.56. The fourth-order valence-electron chi connectivity index (χ4n) is 2.84. The van der Waals surface area contributed by atoms with Gasteiger partial charge < -0.3 is 15.4 Å². The zero-order valence-electron chi connectivity index (χ0n) is 15.3. The molecule has 10 heteroatoms. The molecule has 1 atom stereocenters. The fourth-order valence-corrected chi connectivity index (χ4v) is 2.84. The van der Waals surface area contributed by atoms with E-state index in [9.17, 15) is 18.0 Å². The van der Waals surface area contributed by atoms with Gasteiger partial charge in [0.2, 0.25) is 0 Å². The molecule has 1 aromatic rings. The van der Waals surface area contributed by atoms with Crippen molar-refractivity contribution in [1.29, 1.82) is 0 Å². The Bertz CT molecular complexity index is 831. The maximum atomic E-state index is 12.7. The number of hydroxylamine groups is 2. The fraction of sp³-hybridized carbons (Fsp3) is 0.278. The normalized spacial score (nSPS) is 18.5. The lowest BCUT2D eigenvalue weighted by atomic mass is 10.2. The van der Waals surface area contributed by atoms with Crippen molar-refractivity contribution in [2.75, 3.05) is 7.11 Å². The van der Waals surface area contributed by atoms with Crippen LogP contribution in [-0.4, -0.2) is 24.3 Å². The number of alkyl halides is 3. The molecule has 28 heavy (non-hydrogen) atoms. The quantitative estimate of drug-likeness (QED) is 0.678. The summed E-state index contributed by atoms with van der Waals surface area (Å²) in [6.45, 7) is 2.09. The predicted molar refractivity (Wildman–Crippen MR) is 92.5 cm³/mol. The molecule has 2 heterocycles. The molecular weight excluding hydrogens is 377 g/mol. The smallest absolute Gasteiger partial charge is 0.406 e. The summed E-state index contributed by atoms with van der Waals surface area (Å²) in [6.07, 6.45) is 1.16. The lowest BCUT2D eigenvalue weighted by Crippen LogP contribution is -3.02. The van der Waals surface area contributed by atoms with E-state index in [0.717, 1.165) is 11.5 Å². The van der Waals surface area contributed by atoms with Crippen molar-refractivity contribution in [3.63, 3.8) is 0 Å². The number of ether oxygens (including phenoxy) is 1. The van der Waals surface area contributed by atoms with Crippen LogP contribution in [-0.2, 0) is 16.2 Å². The Balaban J connectivity index is 1.65. The van der Waals surface area contributed by atoms with Crippen LogP contribution in [0.3, 0.4) is 0 Å². The summed E-state index contributed by atoms with van der Waals surface area (Å²) in [6, 6.07) is 5.35. The number of allylic oxidation sites excluding steroid dienone is 1. The van der Waals surface area contributed by atoms with Gasteiger partial charge in [0.05, 0.1) is 13.3 Å². The molecule has 1 amide bonds. The van der Waals surface area contributed by atoms with Crippen LogP contribution in [0.15, 0.2) is 60.1 Å². The number of carbonyl (C=O) groups excluding carboxylic acids is 1. The molecule has 0 fully saturated rings. The highest BCUT2D eigenvalue weighted by Gasteiger charge is 2.33. The van der Waals surface area contributed by atoms with E-state index in [1.54, 1.807) is 30.6 Å². The van der Waals surface area contributed by atoms with Crippen molar-refractivity contribution in [3.8, 4) is 5.75 Å². The maximum Gasteiger partial charge on any atom is 0.573 e. The van der Waals surface area contributed by atoms with E-state index in [4.69, 9.17) is 4.84 Å². The van der Waals surface area contributed by atoms with Crippen LogP contribution >= 0.6 is 0 Å². The third kappa shape index (κ3) is 4.46. The predicted octanol–water partition coefficient (Wildman–Crippen LogP) is 1.46. The molecule has 1 unspecified atom stereocenters. The summed E-state index contributed by atoms with van der Waals surface area (Å²) >= 11 is 0. The summed E-state index contributed by atoms with van der Waals surface area (Å²) in [5.41, 5.74) is 1.88. The number of halogens is 3. The number of nitrogens with one attached hydrogen (secondary N) is 3. The molecule has 0 saturated heterocycles. The van der Waals surface area contributed by atoms with Gasteiger partial charge in [-0.2, -0.15) is 4.84 Å². The number of fused-ring (bicyclic) bond motifs is 1. The van der Waals surface area contributed by atoms with Crippen LogP contribution in [0.2, 0.25) is 0 Å². The van der Waals surface area contributed by atoms with Crippen molar-refractivity contribution in [2.45, 2.75) is 26.3 Å². The molecule has 1 aromatic carbocycles. The van der Waals surface area contributed by atoms with E-state index in [-0.39, 0.29) is 18.2 Å². The standard InChI is InChI=1S/C18H19F3N4O3/c1-3-14-16(25-9-8-24(27-2)11-15(25)23-14)17(26)22-10-12-4-6-13(7-5-12)28-18(19,20)21/h4-9,11,23H,3,10H2,1-2H3,(H,22,26)/p+1. The summed E-state index contributed by atoms with van der Waals surface area (Å²) in [5.74, 6) is 0.112. The lowest BCUT2D eigenvalue weighted by Gasteiger charge is -2.21. The maximum absolute atomic E-state index is 12.7. The summed E-state index contributed by atoms with van der Waals surface area (Å²) in [5, 5.41) is 6.65. The number of benzene rings is 1. The highest BCUT2D eigenvalue weighted by Crippen LogP contribution is 2.26. The molecule has 3 rings (SSSR count). The number of carbonyl (C=O) groups is 1. The monoisotopic (exact) mass is 397 g/mol. The van der Waals surface area contributed by atoms with E-state index in [0.29, 0.717) is 22.7 Å².